The molecule has 0 aliphatic heterocycles. The number of hydrogen-bond donors (Lipinski definition) is 1. The Morgan fingerprint density at radius 2 is 1.62 bits per heavy atom. The van der Waals surface area contributed by atoms with Crippen molar-refractivity contribution in [3.05, 3.63) is 83.7 Å². The topological polar surface area (TPSA) is 46.9 Å². The third kappa shape index (κ3) is 5.16. The van der Waals surface area contributed by atoms with Crippen molar-refractivity contribution in [2.24, 2.45) is 0 Å². The molecule has 4 nitrogen and oxygen atoms in total. The summed E-state index contributed by atoms with van der Waals surface area (Å²) in [5.74, 6) is -0.479. The molecule has 3 rings (SSSR count). The maximum absolute atomic E-state index is 13.0. The van der Waals surface area contributed by atoms with Crippen molar-refractivity contribution >= 4 is 17.7 Å². The molecule has 0 aliphatic rings. The van der Waals surface area contributed by atoms with Gasteiger partial charge in [0.05, 0.1) is 5.75 Å². The van der Waals surface area contributed by atoms with Gasteiger partial charge in [-0.1, -0.05) is 36.0 Å². The second kappa shape index (κ2) is 8.62. The number of benzene rings is 2. The van der Waals surface area contributed by atoms with Gasteiger partial charge in [0, 0.05) is 25.5 Å². The van der Waals surface area contributed by atoms with E-state index in [-0.39, 0.29) is 23.3 Å². The number of nitrogens with one attached hydrogen (secondary N) is 1. The molecule has 1 N–H and O–H groups in total. The summed E-state index contributed by atoms with van der Waals surface area (Å²) in [5, 5.41) is 3.51. The van der Waals surface area contributed by atoms with Crippen LogP contribution in [0.2, 0.25) is 0 Å². The van der Waals surface area contributed by atoms with Crippen LogP contribution in [0, 0.1) is 11.6 Å². The largest absolute Gasteiger partial charge is 0.351 e. The van der Waals surface area contributed by atoms with Crippen molar-refractivity contribution in [2.75, 3.05) is 5.75 Å². The van der Waals surface area contributed by atoms with Crippen LogP contribution in [0.3, 0.4) is 0 Å². The van der Waals surface area contributed by atoms with Crippen molar-refractivity contribution in [1.82, 2.24) is 14.9 Å². The Morgan fingerprint density at radius 3 is 2.27 bits per heavy atom. The van der Waals surface area contributed by atoms with Gasteiger partial charge in [-0.2, -0.15) is 0 Å². The second-order valence-electron chi connectivity index (χ2n) is 5.66. The first-order valence-corrected chi connectivity index (χ1v) is 8.98. The number of carbonyl (C=O) groups excluding carboxylic acids is 1. The number of rotatable bonds is 7. The SMILES string of the molecule is O=C(CSc1nccn1Cc1ccc(F)cc1)NCc1ccc(F)cc1. The van der Waals surface area contributed by atoms with Gasteiger partial charge in [0.2, 0.25) is 5.91 Å². The van der Waals surface area contributed by atoms with E-state index in [4.69, 9.17) is 0 Å². The average Bonchev–Trinajstić information content (AvgIpc) is 3.08. The van der Waals surface area contributed by atoms with E-state index >= 15 is 0 Å². The molecule has 1 heterocycles. The van der Waals surface area contributed by atoms with Crippen LogP contribution in [-0.4, -0.2) is 21.2 Å². The monoisotopic (exact) mass is 373 g/mol. The quantitative estimate of drug-likeness (QED) is 0.644. The highest BCUT2D eigenvalue weighted by atomic mass is 32.2. The van der Waals surface area contributed by atoms with E-state index in [0.717, 1.165) is 11.1 Å². The molecular formula is C19H17F2N3OS. The minimum Gasteiger partial charge on any atom is -0.351 e. The van der Waals surface area contributed by atoms with E-state index < -0.39 is 0 Å². The molecular weight excluding hydrogens is 356 g/mol. The normalized spacial score (nSPS) is 10.7. The number of hydrogen-bond acceptors (Lipinski definition) is 3. The highest BCUT2D eigenvalue weighted by Crippen LogP contribution is 2.17. The van der Waals surface area contributed by atoms with Gasteiger partial charge in [0.1, 0.15) is 11.6 Å². The summed E-state index contributed by atoms with van der Waals surface area (Å²) in [6, 6.07) is 12.3. The minimum absolute atomic E-state index is 0.129. The molecule has 0 radical (unpaired) electrons. The van der Waals surface area contributed by atoms with Crippen molar-refractivity contribution in [3.63, 3.8) is 0 Å². The molecule has 0 unspecified atom stereocenters. The number of aromatic nitrogens is 2. The van der Waals surface area contributed by atoms with Gasteiger partial charge in [-0.15, -0.1) is 0 Å². The molecule has 0 saturated heterocycles. The highest BCUT2D eigenvalue weighted by molar-refractivity contribution is 7.99. The molecule has 0 aliphatic carbocycles. The summed E-state index contributed by atoms with van der Waals surface area (Å²) in [4.78, 5) is 16.3. The van der Waals surface area contributed by atoms with Crippen molar-refractivity contribution in [3.8, 4) is 0 Å². The van der Waals surface area contributed by atoms with E-state index in [0.29, 0.717) is 18.2 Å². The van der Waals surface area contributed by atoms with Gasteiger partial charge in [-0.3, -0.25) is 4.79 Å². The molecule has 0 saturated carbocycles. The maximum Gasteiger partial charge on any atom is 0.230 e. The predicted molar refractivity (Wildman–Crippen MR) is 96.7 cm³/mol. The highest BCUT2D eigenvalue weighted by Gasteiger charge is 2.08. The fourth-order valence-electron chi connectivity index (χ4n) is 2.33. The smallest absolute Gasteiger partial charge is 0.230 e. The fourth-order valence-corrected chi connectivity index (χ4v) is 3.12. The number of carbonyl (C=O) groups is 1. The standard InChI is InChI=1S/C19H17F2N3OS/c20-16-5-1-14(2-6-16)11-23-18(25)13-26-19-22-9-10-24(19)12-15-3-7-17(21)8-4-15/h1-10H,11-13H2,(H,23,25). The van der Waals surface area contributed by atoms with E-state index in [9.17, 15) is 13.6 Å². The molecule has 7 heteroatoms. The Bertz CT molecular complexity index is 863. The van der Waals surface area contributed by atoms with Gasteiger partial charge < -0.3 is 9.88 Å². The summed E-state index contributed by atoms with van der Waals surface area (Å²) in [5.41, 5.74) is 1.79. The lowest BCUT2D eigenvalue weighted by molar-refractivity contribution is -0.118. The molecule has 134 valence electrons. The second-order valence-corrected chi connectivity index (χ2v) is 6.60. The molecule has 3 aromatic rings. The van der Waals surface area contributed by atoms with Crippen LogP contribution in [0.15, 0.2) is 66.1 Å². The number of nitrogens with zero attached hydrogens (tertiary/aromatic N) is 2. The lowest BCUT2D eigenvalue weighted by atomic mass is 10.2. The van der Waals surface area contributed by atoms with Gasteiger partial charge in [-0.05, 0) is 35.4 Å². The van der Waals surface area contributed by atoms with Crippen LogP contribution < -0.4 is 5.32 Å². The van der Waals surface area contributed by atoms with Crippen molar-refractivity contribution in [1.29, 1.82) is 0 Å². The predicted octanol–water partition coefficient (Wildman–Crippen LogP) is 3.62. The number of halogens is 2. The van der Waals surface area contributed by atoms with Crippen LogP contribution in [0.1, 0.15) is 11.1 Å². The van der Waals surface area contributed by atoms with Crippen LogP contribution in [0.4, 0.5) is 8.78 Å². The fraction of sp³-hybridized carbons (Fsp3) is 0.158. The van der Waals surface area contributed by atoms with Gasteiger partial charge >= 0.3 is 0 Å². The van der Waals surface area contributed by atoms with Crippen LogP contribution in [0.25, 0.3) is 0 Å². The van der Waals surface area contributed by atoms with Gasteiger partial charge in [-0.25, -0.2) is 13.8 Å². The van der Waals surface area contributed by atoms with Crippen molar-refractivity contribution < 1.29 is 13.6 Å². The Labute approximate surface area is 154 Å². The summed E-state index contributed by atoms with van der Waals surface area (Å²) >= 11 is 1.33. The summed E-state index contributed by atoms with van der Waals surface area (Å²) in [6.07, 6.45) is 3.49. The zero-order valence-electron chi connectivity index (χ0n) is 13.9. The Balaban J connectivity index is 1.50. The molecule has 0 spiro atoms. The number of thioether (sulfide) groups is 1. The summed E-state index contributed by atoms with van der Waals surface area (Å²) in [7, 11) is 0. The molecule has 2 aromatic carbocycles. The first kappa shape index (κ1) is 18.1. The Kier molecular flexibility index (Phi) is 6.01. The van der Waals surface area contributed by atoms with Gasteiger partial charge in [0.15, 0.2) is 5.16 Å². The zero-order valence-corrected chi connectivity index (χ0v) is 14.7. The molecule has 0 fully saturated rings. The lowest BCUT2D eigenvalue weighted by Gasteiger charge is -2.08. The number of imidazole rings is 1. The first-order valence-electron chi connectivity index (χ1n) is 8.00. The average molecular weight is 373 g/mol. The molecule has 1 aromatic heterocycles. The molecule has 0 bridgehead atoms. The van der Waals surface area contributed by atoms with E-state index in [1.54, 1.807) is 30.5 Å². The molecule has 1 amide bonds. The minimum atomic E-state index is -0.302. The summed E-state index contributed by atoms with van der Waals surface area (Å²) in [6.45, 7) is 0.906. The lowest BCUT2D eigenvalue weighted by Crippen LogP contribution is -2.24. The van der Waals surface area contributed by atoms with Crippen LogP contribution in [0.5, 0.6) is 0 Å². The van der Waals surface area contributed by atoms with Crippen LogP contribution in [-0.2, 0) is 17.9 Å². The first-order chi connectivity index (χ1) is 12.6. The van der Waals surface area contributed by atoms with Crippen molar-refractivity contribution in [2.45, 2.75) is 18.2 Å². The third-order valence-corrected chi connectivity index (χ3v) is 4.68. The third-order valence-electron chi connectivity index (χ3n) is 3.68. The number of amides is 1. The Hall–Kier alpha value is -2.67. The van der Waals surface area contributed by atoms with Crippen LogP contribution >= 0.6 is 11.8 Å². The molecule has 26 heavy (non-hydrogen) atoms. The zero-order chi connectivity index (χ0) is 18.4. The maximum atomic E-state index is 13.0. The van der Waals surface area contributed by atoms with Gasteiger partial charge in [0.25, 0.3) is 0 Å². The van der Waals surface area contributed by atoms with E-state index in [1.165, 1.54) is 36.0 Å². The summed E-state index contributed by atoms with van der Waals surface area (Å²) < 4.78 is 27.7. The van der Waals surface area contributed by atoms with E-state index in [1.807, 2.05) is 10.8 Å². The molecule has 0 atom stereocenters. The Morgan fingerprint density at radius 1 is 1.00 bits per heavy atom. The van der Waals surface area contributed by atoms with E-state index in [2.05, 4.69) is 10.3 Å².